The van der Waals surface area contributed by atoms with Crippen molar-refractivity contribution in [3.8, 4) is 0 Å². The number of azide groups is 1. The predicted molar refractivity (Wildman–Crippen MR) is 204 cm³/mol. The van der Waals surface area contributed by atoms with Gasteiger partial charge in [0.25, 0.3) is 0 Å². The lowest BCUT2D eigenvalue weighted by molar-refractivity contribution is -0.438. The number of rotatable bonds is 11. The highest BCUT2D eigenvalue weighted by atomic mass is 32.2. The van der Waals surface area contributed by atoms with Gasteiger partial charge in [-0.05, 0) is 77.5 Å². The van der Waals surface area contributed by atoms with Crippen LogP contribution in [0.5, 0.6) is 0 Å². The molecule has 4 aromatic rings. The van der Waals surface area contributed by atoms with Crippen molar-refractivity contribution < 1.29 is 27.4 Å². The van der Waals surface area contributed by atoms with Crippen LogP contribution in [-0.4, -0.2) is 59.5 Å². The van der Waals surface area contributed by atoms with Gasteiger partial charge in [-0.2, -0.15) is 4.58 Å². The number of fused-ring (bicyclic) bond motifs is 6. The van der Waals surface area contributed by atoms with Crippen molar-refractivity contribution in [1.82, 2.24) is 0 Å². The van der Waals surface area contributed by atoms with Crippen LogP contribution in [0.3, 0.4) is 0 Å². The minimum absolute atomic E-state index is 0.0790. The number of ketones is 1. The second-order valence-electron chi connectivity index (χ2n) is 14.8. The largest absolute Gasteiger partial charge is 0.748 e. The number of carbonyl (C=O) groups excluding carboxylic acids is 1. The average Bonchev–Trinajstić information content (AvgIpc) is 3.47. The first-order valence-electron chi connectivity index (χ1n) is 17.6. The third kappa shape index (κ3) is 5.88. The van der Waals surface area contributed by atoms with Gasteiger partial charge in [0, 0.05) is 64.7 Å². The van der Waals surface area contributed by atoms with E-state index in [4.69, 9.17) is 5.53 Å². The van der Waals surface area contributed by atoms with Gasteiger partial charge in [-0.1, -0.05) is 73.6 Å². The lowest BCUT2D eigenvalue weighted by atomic mass is 9.76. The quantitative estimate of drug-likeness (QED) is 0.0313. The van der Waals surface area contributed by atoms with Crippen LogP contribution in [-0.2, 0) is 25.7 Å². The normalized spacial score (nSPS) is 19.1. The Balaban J connectivity index is 1.31. The topological polar surface area (TPSA) is 150 Å². The summed E-state index contributed by atoms with van der Waals surface area (Å²) < 4.78 is 36.1. The van der Waals surface area contributed by atoms with Crippen molar-refractivity contribution >= 4 is 54.5 Å². The average molecular weight is 716 g/mol. The van der Waals surface area contributed by atoms with Crippen LogP contribution in [0.4, 0.5) is 11.4 Å². The van der Waals surface area contributed by atoms with E-state index in [-0.39, 0.29) is 29.1 Å². The van der Waals surface area contributed by atoms with Gasteiger partial charge < -0.3 is 14.6 Å². The molecule has 0 amide bonds. The van der Waals surface area contributed by atoms with Gasteiger partial charge in [0.1, 0.15) is 12.3 Å². The molecule has 2 aliphatic heterocycles. The fourth-order valence-electron chi connectivity index (χ4n) is 8.35. The van der Waals surface area contributed by atoms with E-state index in [9.17, 15) is 22.9 Å². The van der Waals surface area contributed by atoms with Crippen LogP contribution in [0.25, 0.3) is 32.0 Å². The van der Waals surface area contributed by atoms with Crippen LogP contribution < -0.4 is 4.90 Å². The zero-order valence-corrected chi connectivity index (χ0v) is 30.6. The molecule has 2 heterocycles. The van der Waals surface area contributed by atoms with E-state index in [0.29, 0.717) is 32.5 Å². The second kappa shape index (κ2) is 13.1. The molecule has 1 aliphatic carbocycles. The van der Waals surface area contributed by atoms with E-state index >= 15 is 0 Å². The molecule has 0 bridgehead atoms. The lowest BCUT2D eigenvalue weighted by Gasteiger charge is -2.29. The predicted octanol–water partition coefficient (Wildman–Crippen LogP) is 8.40. The molecule has 0 spiro atoms. The summed E-state index contributed by atoms with van der Waals surface area (Å²) in [4.78, 5) is 19.2. The summed E-state index contributed by atoms with van der Waals surface area (Å²) in [6.45, 7) is 9.77. The Kier molecular flexibility index (Phi) is 8.85. The number of carbonyl (C=O) groups is 1. The van der Waals surface area contributed by atoms with Gasteiger partial charge in [0.15, 0.2) is 5.71 Å². The second-order valence-corrected chi connectivity index (χ2v) is 16.3. The molecule has 10 nitrogen and oxygen atoms in total. The van der Waals surface area contributed by atoms with Crippen molar-refractivity contribution in [3.63, 3.8) is 0 Å². The highest BCUT2D eigenvalue weighted by Gasteiger charge is 2.48. The number of unbranched alkanes of at least 4 members (excludes halogenated alkanes) is 1. The summed E-state index contributed by atoms with van der Waals surface area (Å²) in [5, 5.41) is 19.8. The molecule has 0 saturated heterocycles. The van der Waals surface area contributed by atoms with Crippen molar-refractivity contribution in [2.75, 3.05) is 30.3 Å². The Morgan fingerprint density at radius 2 is 1.54 bits per heavy atom. The minimum Gasteiger partial charge on any atom is -0.748 e. The summed E-state index contributed by atoms with van der Waals surface area (Å²) in [6.07, 6.45) is 4.85. The SMILES string of the molecule is CC1(C)C(/C=C2/C(=O)C(/C=C3\N(CCCN=[N+]=[N-])c4ccc5ccccc5c4C3(C)C)=C2O)=[N+](CCCCS(=O)(=O)[O-])c2ccc3ccccc3c21. The zero-order chi connectivity index (χ0) is 37.0. The highest BCUT2D eigenvalue weighted by molar-refractivity contribution is 7.85. The van der Waals surface area contributed by atoms with Gasteiger partial charge in [-0.25, -0.2) is 8.42 Å². The Morgan fingerprint density at radius 1 is 0.885 bits per heavy atom. The third-order valence-electron chi connectivity index (χ3n) is 10.8. The standard InChI is InChI=1S/C41H41N5O5S/c1-40(2)34(45(21-9-10-23-52(49,50)51)32-18-16-26-12-5-7-14-28(26)36(32)40)24-30-38(47)31(39(30)48)25-35-41(3,4)37-29-15-8-6-13-27(29)17-19-33(37)46(35)22-11-20-43-44-42/h5-8,12-19,24-25H,9-11,20-23H2,1-4H3,(H-,47,48,49,50,51). The molecule has 7 rings (SSSR count). The fourth-order valence-corrected chi connectivity index (χ4v) is 8.91. The van der Waals surface area contributed by atoms with Gasteiger partial charge in [0.2, 0.25) is 11.5 Å². The summed E-state index contributed by atoms with van der Waals surface area (Å²) >= 11 is 0. The molecule has 0 atom stereocenters. The Bertz CT molecular complexity index is 2470. The summed E-state index contributed by atoms with van der Waals surface area (Å²) in [6, 6.07) is 24.6. The molecule has 1 N–H and O–H groups in total. The number of nitrogens with zero attached hydrogens (tertiary/aromatic N) is 5. The third-order valence-corrected chi connectivity index (χ3v) is 11.6. The van der Waals surface area contributed by atoms with Gasteiger partial charge in [-0.3, -0.25) is 4.79 Å². The smallest absolute Gasteiger partial charge is 0.210 e. The van der Waals surface area contributed by atoms with Crippen LogP contribution in [0.1, 0.15) is 58.1 Å². The molecule has 4 aromatic carbocycles. The Hall–Kier alpha value is -5.22. The molecule has 52 heavy (non-hydrogen) atoms. The molecule has 0 radical (unpaired) electrons. The maximum Gasteiger partial charge on any atom is 0.210 e. The first-order chi connectivity index (χ1) is 24.8. The number of benzene rings is 4. The number of anilines is 1. The summed E-state index contributed by atoms with van der Waals surface area (Å²) in [5.41, 5.74) is 14.1. The van der Waals surface area contributed by atoms with E-state index in [2.05, 4.69) is 89.7 Å². The maximum atomic E-state index is 14.1. The number of aliphatic hydroxyl groups excluding tert-OH is 1. The monoisotopic (exact) mass is 715 g/mol. The fraction of sp³-hybridized carbons (Fsp3) is 0.317. The molecule has 3 aliphatic rings. The van der Waals surface area contributed by atoms with Gasteiger partial charge in [0.05, 0.1) is 26.7 Å². The van der Waals surface area contributed by atoms with E-state index in [1.807, 2.05) is 36.4 Å². The molecule has 11 heteroatoms. The highest BCUT2D eigenvalue weighted by Crippen LogP contribution is 2.52. The van der Waals surface area contributed by atoms with Gasteiger partial charge in [-0.15, -0.1) is 0 Å². The minimum atomic E-state index is -4.34. The molecular weight excluding hydrogens is 675 g/mol. The molecule has 266 valence electrons. The summed E-state index contributed by atoms with van der Waals surface area (Å²) in [7, 11) is -4.34. The number of aliphatic hydroxyl groups is 1. The first kappa shape index (κ1) is 35.2. The Labute approximate surface area is 303 Å². The van der Waals surface area contributed by atoms with Crippen LogP contribution in [0, 0.1) is 0 Å². The molecule has 0 aromatic heterocycles. The number of Topliss-reactive ketones (excluding diaryl/α,β-unsaturated/α-hetero) is 1. The molecule has 0 fully saturated rings. The maximum absolute atomic E-state index is 14.1. The molecular formula is C41H41N5O5S. The zero-order valence-electron chi connectivity index (χ0n) is 29.8. The molecule has 0 unspecified atom stereocenters. The van der Waals surface area contributed by atoms with E-state index in [0.717, 1.165) is 55.5 Å². The van der Waals surface area contributed by atoms with E-state index < -0.39 is 26.7 Å². The van der Waals surface area contributed by atoms with Crippen molar-refractivity contribution in [2.24, 2.45) is 5.11 Å². The van der Waals surface area contributed by atoms with Crippen LogP contribution in [0.2, 0.25) is 0 Å². The first-order valence-corrected chi connectivity index (χ1v) is 19.2. The van der Waals surface area contributed by atoms with Crippen LogP contribution >= 0.6 is 0 Å². The Morgan fingerprint density at radius 3 is 2.19 bits per heavy atom. The van der Waals surface area contributed by atoms with Gasteiger partial charge >= 0.3 is 0 Å². The summed E-state index contributed by atoms with van der Waals surface area (Å²) in [5.74, 6) is -0.786. The lowest BCUT2D eigenvalue weighted by Crippen LogP contribution is -2.32. The van der Waals surface area contributed by atoms with E-state index in [1.165, 1.54) is 0 Å². The number of hydrogen-bond donors (Lipinski definition) is 1. The molecule has 0 saturated carbocycles. The number of hydrogen-bond acceptors (Lipinski definition) is 7. The van der Waals surface area contributed by atoms with Crippen LogP contribution in [0.15, 0.2) is 113 Å². The van der Waals surface area contributed by atoms with Crippen molar-refractivity contribution in [2.45, 2.75) is 57.8 Å². The van der Waals surface area contributed by atoms with E-state index in [1.54, 1.807) is 6.08 Å². The van der Waals surface area contributed by atoms with Crippen molar-refractivity contribution in [1.29, 1.82) is 0 Å². The van der Waals surface area contributed by atoms with Crippen molar-refractivity contribution in [3.05, 3.63) is 129 Å². The number of allylic oxidation sites excluding steroid dienone is 5.